The van der Waals surface area contributed by atoms with Crippen LogP contribution in [0.2, 0.25) is 0 Å². The van der Waals surface area contributed by atoms with Gasteiger partial charge in [0.2, 0.25) is 0 Å². The standard InChI is InChI=1S/C29H32F2O6/c1-2-35-28(33)29(30,31)27(32)26(37-20-24-16-10-5-11-17-24)25(36-19-23-14-8-4-9-15-23)21-34-18-22-12-6-3-7-13-22/h3-17,25-27,32H,2,18-21H2,1H3/t25-,26-,27?/m1/s1. The minimum absolute atomic E-state index is 0.0586. The number of aliphatic hydroxyl groups is 1. The number of aliphatic hydroxyl groups excluding tert-OH is 1. The zero-order chi connectivity index (χ0) is 26.5. The fourth-order valence-corrected chi connectivity index (χ4v) is 3.61. The topological polar surface area (TPSA) is 74.2 Å². The van der Waals surface area contributed by atoms with Crippen LogP contribution >= 0.6 is 0 Å². The van der Waals surface area contributed by atoms with Crippen molar-refractivity contribution in [3.8, 4) is 0 Å². The third-order valence-electron chi connectivity index (χ3n) is 5.58. The van der Waals surface area contributed by atoms with Gasteiger partial charge in [0, 0.05) is 0 Å². The Bertz CT molecular complexity index is 1050. The first kappa shape index (κ1) is 28.4. The van der Waals surface area contributed by atoms with Gasteiger partial charge in [-0.15, -0.1) is 0 Å². The number of halogens is 2. The van der Waals surface area contributed by atoms with Crippen molar-refractivity contribution >= 4 is 5.97 Å². The number of ether oxygens (including phenoxy) is 4. The largest absolute Gasteiger partial charge is 0.461 e. The Morgan fingerprint density at radius 2 is 1.24 bits per heavy atom. The molecule has 0 heterocycles. The molecule has 6 nitrogen and oxygen atoms in total. The molecule has 0 aliphatic rings. The molecule has 1 N–H and O–H groups in total. The molecule has 0 fully saturated rings. The van der Waals surface area contributed by atoms with Crippen molar-refractivity contribution in [3.63, 3.8) is 0 Å². The number of hydrogen-bond donors (Lipinski definition) is 1. The second kappa shape index (κ2) is 14.5. The number of esters is 1. The summed E-state index contributed by atoms with van der Waals surface area (Å²) < 4.78 is 52.1. The maximum Gasteiger partial charge on any atom is 0.379 e. The average Bonchev–Trinajstić information content (AvgIpc) is 2.93. The Morgan fingerprint density at radius 3 is 1.73 bits per heavy atom. The van der Waals surface area contributed by atoms with Crippen LogP contribution in [0, 0.1) is 0 Å². The van der Waals surface area contributed by atoms with Gasteiger partial charge in [-0.3, -0.25) is 0 Å². The molecule has 198 valence electrons. The summed E-state index contributed by atoms with van der Waals surface area (Å²) in [5, 5.41) is 10.8. The van der Waals surface area contributed by atoms with Crippen molar-refractivity contribution in [2.45, 2.75) is 51.0 Å². The highest BCUT2D eigenvalue weighted by atomic mass is 19.3. The molecule has 0 amide bonds. The highest BCUT2D eigenvalue weighted by molar-refractivity contribution is 5.78. The second-order valence-corrected chi connectivity index (χ2v) is 8.39. The Hall–Kier alpha value is -3.17. The monoisotopic (exact) mass is 514 g/mol. The van der Waals surface area contributed by atoms with E-state index < -0.39 is 30.2 Å². The van der Waals surface area contributed by atoms with Gasteiger partial charge >= 0.3 is 11.9 Å². The van der Waals surface area contributed by atoms with E-state index in [1.54, 1.807) is 24.3 Å². The Morgan fingerprint density at radius 1 is 0.784 bits per heavy atom. The van der Waals surface area contributed by atoms with Crippen LogP contribution in [0.15, 0.2) is 91.0 Å². The van der Waals surface area contributed by atoms with E-state index in [0.29, 0.717) is 5.56 Å². The van der Waals surface area contributed by atoms with Gasteiger partial charge in [0.15, 0.2) is 6.10 Å². The van der Waals surface area contributed by atoms with Gasteiger partial charge in [0.05, 0.1) is 33.0 Å². The van der Waals surface area contributed by atoms with Crippen LogP contribution in [0.1, 0.15) is 23.6 Å². The van der Waals surface area contributed by atoms with Gasteiger partial charge in [0.1, 0.15) is 12.2 Å². The molecule has 0 saturated carbocycles. The predicted octanol–water partition coefficient (Wildman–Crippen LogP) is 4.93. The predicted molar refractivity (Wildman–Crippen MR) is 134 cm³/mol. The van der Waals surface area contributed by atoms with Crippen molar-refractivity contribution < 1.29 is 37.6 Å². The molecule has 3 rings (SSSR count). The second-order valence-electron chi connectivity index (χ2n) is 8.39. The maximum absolute atomic E-state index is 15.0. The van der Waals surface area contributed by atoms with E-state index in [1.165, 1.54) is 6.92 Å². The lowest BCUT2D eigenvalue weighted by atomic mass is 10.0. The van der Waals surface area contributed by atoms with Crippen molar-refractivity contribution in [3.05, 3.63) is 108 Å². The number of alkyl halides is 2. The highest BCUT2D eigenvalue weighted by Gasteiger charge is 2.54. The number of carbonyl (C=O) groups excluding carboxylic acids is 1. The third kappa shape index (κ3) is 8.72. The summed E-state index contributed by atoms with van der Waals surface area (Å²) in [6.45, 7) is 1.14. The first-order valence-electron chi connectivity index (χ1n) is 12.1. The van der Waals surface area contributed by atoms with Gasteiger partial charge in [-0.2, -0.15) is 8.78 Å². The van der Waals surface area contributed by atoms with Crippen LogP contribution in [0.25, 0.3) is 0 Å². The molecule has 8 heteroatoms. The minimum atomic E-state index is -4.23. The SMILES string of the molecule is CCOC(=O)C(F)(F)C(O)[C@H](OCc1ccccc1)[C@@H](COCc1ccccc1)OCc1ccccc1. The molecule has 0 aliphatic heterocycles. The quantitative estimate of drug-likeness (QED) is 0.290. The smallest absolute Gasteiger partial charge is 0.379 e. The Labute approximate surface area is 215 Å². The van der Waals surface area contributed by atoms with E-state index >= 15 is 0 Å². The highest BCUT2D eigenvalue weighted by Crippen LogP contribution is 2.28. The Balaban J connectivity index is 1.83. The van der Waals surface area contributed by atoms with Crippen LogP contribution in [0.3, 0.4) is 0 Å². The van der Waals surface area contributed by atoms with Crippen molar-refractivity contribution in [1.82, 2.24) is 0 Å². The van der Waals surface area contributed by atoms with E-state index in [2.05, 4.69) is 4.74 Å². The van der Waals surface area contributed by atoms with Gasteiger partial charge in [-0.05, 0) is 23.6 Å². The molecule has 0 aliphatic carbocycles. The first-order chi connectivity index (χ1) is 17.9. The number of rotatable bonds is 15. The molecular weight excluding hydrogens is 482 g/mol. The van der Waals surface area contributed by atoms with E-state index in [9.17, 15) is 18.7 Å². The molecule has 0 bridgehead atoms. The third-order valence-corrected chi connectivity index (χ3v) is 5.58. The van der Waals surface area contributed by atoms with E-state index in [4.69, 9.17) is 14.2 Å². The van der Waals surface area contributed by atoms with E-state index in [1.807, 2.05) is 66.7 Å². The zero-order valence-electron chi connectivity index (χ0n) is 20.7. The molecular formula is C29H32F2O6. The first-order valence-corrected chi connectivity index (χ1v) is 12.1. The van der Waals surface area contributed by atoms with Crippen LogP contribution in [0.5, 0.6) is 0 Å². The lowest BCUT2D eigenvalue weighted by molar-refractivity contribution is -0.224. The minimum Gasteiger partial charge on any atom is -0.461 e. The summed E-state index contributed by atoms with van der Waals surface area (Å²) in [4.78, 5) is 12.0. The number of hydrogen-bond acceptors (Lipinski definition) is 6. The molecule has 1 unspecified atom stereocenters. The lowest BCUT2D eigenvalue weighted by Crippen LogP contribution is -2.55. The average molecular weight is 515 g/mol. The van der Waals surface area contributed by atoms with Gasteiger partial charge in [-0.1, -0.05) is 91.0 Å². The molecule has 0 saturated heterocycles. The molecule has 0 radical (unpaired) electrons. The fraction of sp³-hybridized carbons (Fsp3) is 0.345. The van der Waals surface area contributed by atoms with Crippen molar-refractivity contribution in [2.24, 2.45) is 0 Å². The summed E-state index contributed by atoms with van der Waals surface area (Å²) in [5.41, 5.74) is 2.37. The summed E-state index contributed by atoms with van der Waals surface area (Å²) >= 11 is 0. The molecule has 3 aromatic carbocycles. The van der Waals surface area contributed by atoms with Crippen molar-refractivity contribution in [2.75, 3.05) is 13.2 Å². The van der Waals surface area contributed by atoms with Gasteiger partial charge in [0.25, 0.3) is 0 Å². The van der Waals surface area contributed by atoms with Gasteiger partial charge < -0.3 is 24.1 Å². The molecule has 3 atom stereocenters. The van der Waals surface area contributed by atoms with Crippen molar-refractivity contribution in [1.29, 1.82) is 0 Å². The summed E-state index contributed by atoms with van der Waals surface area (Å²) in [6.07, 6.45) is -5.29. The van der Waals surface area contributed by atoms with Gasteiger partial charge in [-0.25, -0.2) is 4.79 Å². The number of benzene rings is 3. The van der Waals surface area contributed by atoms with E-state index in [-0.39, 0.29) is 33.0 Å². The lowest BCUT2D eigenvalue weighted by Gasteiger charge is -2.33. The Kier molecular flexibility index (Phi) is 11.2. The van der Waals surface area contributed by atoms with Crippen LogP contribution in [0.4, 0.5) is 8.78 Å². The summed E-state index contributed by atoms with van der Waals surface area (Å²) in [7, 11) is 0. The maximum atomic E-state index is 15.0. The fourth-order valence-electron chi connectivity index (χ4n) is 3.61. The van der Waals surface area contributed by atoms with Crippen LogP contribution < -0.4 is 0 Å². The molecule has 37 heavy (non-hydrogen) atoms. The summed E-state index contributed by atoms with van der Waals surface area (Å²) in [6, 6.07) is 27.4. The molecule has 3 aromatic rings. The summed E-state index contributed by atoms with van der Waals surface area (Å²) in [5.74, 6) is -6.06. The van der Waals surface area contributed by atoms with Crippen LogP contribution in [-0.4, -0.2) is 48.5 Å². The normalized spacial score (nSPS) is 14.1. The van der Waals surface area contributed by atoms with Crippen LogP contribution in [-0.2, 0) is 43.6 Å². The zero-order valence-corrected chi connectivity index (χ0v) is 20.7. The molecule has 0 spiro atoms. The molecule has 0 aromatic heterocycles. The number of carbonyl (C=O) groups is 1. The van der Waals surface area contributed by atoms with E-state index in [0.717, 1.165) is 11.1 Å².